The fourth-order valence-electron chi connectivity index (χ4n) is 3.25. The van der Waals surface area contributed by atoms with Crippen molar-refractivity contribution in [2.75, 3.05) is 5.32 Å². The van der Waals surface area contributed by atoms with Crippen LogP contribution in [-0.2, 0) is 22.5 Å². The van der Waals surface area contributed by atoms with Crippen molar-refractivity contribution in [2.45, 2.75) is 25.8 Å². The van der Waals surface area contributed by atoms with Crippen molar-refractivity contribution in [3.05, 3.63) is 63.1 Å². The maximum atomic E-state index is 12.2. The van der Waals surface area contributed by atoms with Crippen molar-refractivity contribution in [1.82, 2.24) is 9.55 Å². The number of phosphoric acid groups is 1. The molecule has 3 aromatic rings. The minimum absolute atomic E-state index is 0.138. The van der Waals surface area contributed by atoms with E-state index in [9.17, 15) is 4.57 Å². The van der Waals surface area contributed by atoms with Crippen LogP contribution in [0.1, 0.15) is 12.5 Å². The predicted molar refractivity (Wildman–Crippen MR) is 116 cm³/mol. The summed E-state index contributed by atoms with van der Waals surface area (Å²) in [4.78, 5) is 4.13. The van der Waals surface area contributed by atoms with Gasteiger partial charge in [-0.25, -0.2) is 0 Å². The Kier molecular flexibility index (Phi) is 5.03. The zero-order chi connectivity index (χ0) is 21.8. The summed E-state index contributed by atoms with van der Waals surface area (Å²) < 4.78 is 35.8. The molecule has 3 aliphatic rings. The van der Waals surface area contributed by atoms with Crippen LogP contribution in [0.4, 0.5) is 5.69 Å². The lowest BCUT2D eigenvalue weighted by Crippen LogP contribution is -2.42. The van der Waals surface area contributed by atoms with E-state index in [1.807, 2.05) is 19.1 Å². The first-order valence-electron chi connectivity index (χ1n) is 9.13. The third-order valence-corrected chi connectivity index (χ3v) is 6.88. The molecule has 6 rings (SSSR count). The Morgan fingerprint density at radius 2 is 1.87 bits per heavy atom. The molecule has 0 amide bonds. The molecule has 8 nitrogen and oxygen atoms in total. The molecule has 31 heavy (non-hydrogen) atoms. The van der Waals surface area contributed by atoms with E-state index in [0.29, 0.717) is 20.8 Å². The van der Waals surface area contributed by atoms with Crippen LogP contribution < -0.4 is 18.9 Å². The molecule has 162 valence electrons. The normalized spacial score (nSPS) is 20.0. The lowest BCUT2D eigenvalue weighted by atomic mass is 10.2. The van der Waals surface area contributed by atoms with Gasteiger partial charge in [0.1, 0.15) is 0 Å². The van der Waals surface area contributed by atoms with E-state index in [2.05, 4.69) is 10.3 Å². The van der Waals surface area contributed by atoms with Gasteiger partial charge in [-0.2, -0.15) is 9.55 Å². The minimum Gasteiger partial charge on any atom is -0.363 e. The Hall–Kier alpha value is -2.09. The van der Waals surface area contributed by atoms with Gasteiger partial charge in [0.2, 0.25) is 0 Å². The molecule has 2 unspecified atom stereocenters. The summed E-state index contributed by atoms with van der Waals surface area (Å²) in [5.41, 5.74) is 0.624. The molecule has 2 atom stereocenters. The van der Waals surface area contributed by atoms with Crippen LogP contribution in [0.3, 0.4) is 0 Å². The van der Waals surface area contributed by atoms with Gasteiger partial charge >= 0.3 is 13.8 Å². The van der Waals surface area contributed by atoms with Crippen molar-refractivity contribution < 1.29 is 22.9 Å². The fourth-order valence-corrected chi connectivity index (χ4v) is 4.84. The van der Waals surface area contributed by atoms with Crippen LogP contribution in [0.5, 0.6) is 17.8 Å². The number of hydrogen-bond acceptors (Lipinski definition) is 7. The zero-order valence-corrected chi connectivity index (χ0v) is 19.1. The Balaban J connectivity index is 1.43. The number of hydrogen-bond donors (Lipinski definition) is 1. The molecule has 0 spiro atoms. The van der Waals surface area contributed by atoms with Crippen LogP contribution in [0, 0.1) is 0 Å². The van der Waals surface area contributed by atoms with Gasteiger partial charge in [0.25, 0.3) is 11.8 Å². The highest BCUT2D eigenvalue weighted by Gasteiger charge is 2.53. The number of ether oxygens (including phenoxy) is 1. The van der Waals surface area contributed by atoms with E-state index >= 15 is 0 Å². The quantitative estimate of drug-likeness (QED) is 0.306. The largest absolute Gasteiger partial charge is 0.652 e. The van der Waals surface area contributed by atoms with Gasteiger partial charge in [-0.1, -0.05) is 46.9 Å². The van der Waals surface area contributed by atoms with Crippen molar-refractivity contribution in [1.29, 1.82) is 0 Å². The third-order valence-electron chi connectivity index (χ3n) is 4.71. The number of nitrogens with zero attached hydrogens (tertiary/aromatic N) is 2. The maximum Gasteiger partial charge on any atom is 0.652 e. The molecule has 0 radical (unpaired) electrons. The van der Waals surface area contributed by atoms with Crippen molar-refractivity contribution in [3.8, 4) is 17.8 Å². The smallest absolute Gasteiger partial charge is 0.363 e. The highest BCUT2D eigenvalue weighted by Crippen LogP contribution is 2.64. The summed E-state index contributed by atoms with van der Waals surface area (Å²) in [6.45, 7) is 2.32. The van der Waals surface area contributed by atoms with Crippen molar-refractivity contribution >= 4 is 48.3 Å². The summed E-state index contributed by atoms with van der Waals surface area (Å²) in [6, 6.07) is 12.6. The number of rotatable bonds is 7. The van der Waals surface area contributed by atoms with E-state index in [-0.39, 0.29) is 30.9 Å². The van der Waals surface area contributed by atoms with Gasteiger partial charge in [0, 0.05) is 10.7 Å². The standard InChI is InChI=1S/C19H15Cl3N3O5P/c1-19(24-13-6-7-14(21)15(22)8-13,27-9-11-2-4-12(20)5-3-11)10-25-17-16-23-18(25)30-31(26,28-16)29-17/h2-8,24H,9-10H2,1H3. The topological polar surface area (TPSA) is 83.8 Å². The summed E-state index contributed by atoms with van der Waals surface area (Å²) in [7, 11) is -3.63. The number of aromatic nitrogens is 2. The summed E-state index contributed by atoms with van der Waals surface area (Å²) in [5, 5.41) is 4.81. The van der Waals surface area contributed by atoms with Gasteiger partial charge in [-0.3, -0.25) is 4.57 Å². The second-order valence-corrected chi connectivity index (χ2v) is 9.90. The number of nitrogens with one attached hydrogen (secondary N) is 1. The molecule has 0 saturated heterocycles. The molecule has 4 heterocycles. The Labute approximate surface area is 192 Å². The zero-order valence-electron chi connectivity index (χ0n) is 16.0. The molecule has 0 aliphatic carbocycles. The van der Waals surface area contributed by atoms with Gasteiger partial charge in [-0.05, 0) is 42.8 Å². The third kappa shape index (κ3) is 4.06. The molecule has 12 heteroatoms. The molecule has 4 bridgehead atoms. The minimum atomic E-state index is -3.63. The highest BCUT2D eigenvalue weighted by atomic mass is 35.5. The average Bonchev–Trinajstić information content (AvgIpc) is 3.09. The molecular weight excluding hydrogens is 488 g/mol. The predicted octanol–water partition coefficient (Wildman–Crippen LogP) is 6.16. The number of anilines is 1. The first-order valence-corrected chi connectivity index (χ1v) is 11.7. The highest BCUT2D eigenvalue weighted by molar-refractivity contribution is 7.50. The summed E-state index contributed by atoms with van der Waals surface area (Å²) in [5.74, 6) is 0.376. The monoisotopic (exact) mass is 501 g/mol. The Bertz CT molecular complexity index is 1210. The average molecular weight is 503 g/mol. The van der Waals surface area contributed by atoms with E-state index < -0.39 is 13.5 Å². The van der Waals surface area contributed by atoms with Crippen LogP contribution in [0.15, 0.2) is 42.5 Å². The molecule has 0 fully saturated rings. The van der Waals surface area contributed by atoms with Gasteiger partial charge in [-0.15, -0.1) is 0 Å². The Morgan fingerprint density at radius 3 is 2.58 bits per heavy atom. The van der Waals surface area contributed by atoms with Gasteiger partial charge in [0.15, 0.2) is 5.72 Å². The number of benzene rings is 2. The lowest BCUT2D eigenvalue weighted by Gasteiger charge is -2.33. The van der Waals surface area contributed by atoms with Crippen LogP contribution in [0.2, 0.25) is 15.1 Å². The first-order chi connectivity index (χ1) is 14.7. The molecule has 3 aliphatic heterocycles. The first kappa shape index (κ1) is 20.8. The number of halogens is 3. The van der Waals surface area contributed by atoms with Gasteiger partial charge in [0.05, 0.1) is 23.2 Å². The summed E-state index contributed by atoms with van der Waals surface area (Å²) >= 11 is 18.2. The molecular formula is C19H15Cl3N3O5P. The second kappa shape index (κ2) is 7.50. The number of phosphoric ester groups is 1. The maximum absolute atomic E-state index is 12.2. The van der Waals surface area contributed by atoms with Crippen LogP contribution in [-0.4, -0.2) is 15.3 Å². The molecule has 0 saturated carbocycles. The van der Waals surface area contributed by atoms with Crippen molar-refractivity contribution in [2.24, 2.45) is 0 Å². The Morgan fingerprint density at radius 1 is 1.10 bits per heavy atom. The fraction of sp³-hybridized carbons (Fsp3) is 0.211. The van der Waals surface area contributed by atoms with Gasteiger partial charge < -0.3 is 23.6 Å². The molecule has 1 N–H and O–H groups in total. The van der Waals surface area contributed by atoms with E-state index in [4.69, 9.17) is 53.1 Å². The number of imidazole rings is 1. The van der Waals surface area contributed by atoms with E-state index in [1.165, 1.54) is 0 Å². The molecule has 1 aromatic heterocycles. The van der Waals surface area contributed by atoms with Crippen molar-refractivity contribution in [3.63, 3.8) is 0 Å². The second-order valence-electron chi connectivity index (χ2n) is 7.21. The summed E-state index contributed by atoms with van der Waals surface area (Å²) in [6.07, 6.45) is 0. The van der Waals surface area contributed by atoms with Crippen LogP contribution >= 0.6 is 42.6 Å². The molecule has 2 aromatic carbocycles. The SMILES string of the molecule is CC(Cn1c2nc3c1OP(=O)(O3)O2)(Nc1ccc(Cl)c(Cl)c1)OCc1ccc(Cl)cc1. The van der Waals surface area contributed by atoms with E-state index in [1.54, 1.807) is 34.9 Å². The van der Waals surface area contributed by atoms with E-state index in [0.717, 1.165) is 5.56 Å². The van der Waals surface area contributed by atoms with Crippen LogP contribution in [0.25, 0.3) is 0 Å². The lowest BCUT2D eigenvalue weighted by molar-refractivity contribution is -0.0355.